The van der Waals surface area contributed by atoms with Gasteiger partial charge in [0.25, 0.3) is 0 Å². The third-order valence-electron chi connectivity index (χ3n) is 8.11. The minimum absolute atomic E-state index is 0.129. The van der Waals surface area contributed by atoms with E-state index in [-0.39, 0.29) is 5.91 Å². The van der Waals surface area contributed by atoms with Crippen molar-refractivity contribution in [1.82, 2.24) is 15.2 Å². The van der Waals surface area contributed by atoms with Gasteiger partial charge in [-0.15, -0.1) is 0 Å². The van der Waals surface area contributed by atoms with Crippen LogP contribution in [0.2, 0.25) is 0 Å². The van der Waals surface area contributed by atoms with Crippen molar-refractivity contribution < 1.29 is 42.9 Å². The fraction of sp³-hybridized carbons (Fsp3) is 0.282. The molecule has 1 amide bonds. The Kier molecular flexibility index (Phi) is 11.8. The van der Waals surface area contributed by atoms with Crippen molar-refractivity contribution in [3.8, 4) is 23.7 Å². The Morgan fingerprint density at radius 1 is 0.885 bits per heavy atom. The van der Waals surface area contributed by atoms with Crippen LogP contribution in [0.5, 0.6) is 0 Å². The van der Waals surface area contributed by atoms with Gasteiger partial charge in [0.05, 0.1) is 12.0 Å². The minimum Gasteiger partial charge on any atom is -0.462 e. The molecule has 2 N–H and O–H groups in total. The number of aliphatic hydroxyl groups is 1. The molecular weight excluding hydrogens is 671 g/mol. The summed E-state index contributed by atoms with van der Waals surface area (Å²) in [5, 5.41) is 17.4. The number of β-lactam (4-membered cyclic amide) rings is 1. The molecule has 0 bridgehead atoms. The molecule has 13 heteroatoms. The van der Waals surface area contributed by atoms with Crippen molar-refractivity contribution in [1.29, 1.82) is 0 Å². The molecule has 1 aliphatic heterocycles. The van der Waals surface area contributed by atoms with Gasteiger partial charge in [-0.3, -0.25) is 24.3 Å². The van der Waals surface area contributed by atoms with Crippen molar-refractivity contribution in [2.45, 2.75) is 51.4 Å². The maximum absolute atomic E-state index is 13.8. The van der Waals surface area contributed by atoms with E-state index in [1.165, 1.54) is 39.2 Å². The average Bonchev–Trinajstić information content (AvgIpc) is 3.65. The van der Waals surface area contributed by atoms with Crippen molar-refractivity contribution in [2.24, 2.45) is 5.92 Å². The van der Waals surface area contributed by atoms with Gasteiger partial charge in [-0.25, -0.2) is 9.37 Å². The number of halogens is 1. The van der Waals surface area contributed by atoms with Gasteiger partial charge in [0.1, 0.15) is 31.5 Å². The van der Waals surface area contributed by atoms with Gasteiger partial charge < -0.3 is 24.2 Å². The van der Waals surface area contributed by atoms with Gasteiger partial charge in [0, 0.05) is 37.6 Å². The van der Waals surface area contributed by atoms with Crippen LogP contribution in [0.4, 0.5) is 10.1 Å². The molecular formula is C39H35FN4O8. The number of hydrogen-bond acceptors (Lipinski definition) is 10. The molecule has 52 heavy (non-hydrogen) atoms. The zero-order chi connectivity index (χ0) is 37.3. The summed E-state index contributed by atoms with van der Waals surface area (Å²) in [7, 11) is 0. The topological polar surface area (TPSA) is 161 Å². The van der Waals surface area contributed by atoms with Crippen LogP contribution < -0.4 is 4.90 Å². The Morgan fingerprint density at radius 2 is 1.50 bits per heavy atom. The van der Waals surface area contributed by atoms with E-state index in [9.17, 15) is 28.7 Å². The highest BCUT2D eigenvalue weighted by Gasteiger charge is 2.48. The van der Waals surface area contributed by atoms with E-state index in [1.54, 1.807) is 53.4 Å². The molecule has 1 saturated heterocycles. The summed E-state index contributed by atoms with van der Waals surface area (Å²) in [6.45, 7) is 2.66. The maximum atomic E-state index is 13.8. The number of amides is 1. The van der Waals surface area contributed by atoms with Gasteiger partial charge in [0.2, 0.25) is 11.7 Å². The van der Waals surface area contributed by atoms with Gasteiger partial charge in [0.15, 0.2) is 5.60 Å². The highest BCUT2D eigenvalue weighted by atomic mass is 19.1. The number of carbonyl (C=O) groups excluding carboxylic acids is 4. The lowest BCUT2D eigenvalue weighted by Crippen LogP contribution is -2.55. The molecule has 12 nitrogen and oxygen atoms in total. The zero-order valence-corrected chi connectivity index (χ0v) is 28.6. The Balaban J connectivity index is 1.41. The maximum Gasteiger partial charge on any atom is 0.303 e. The van der Waals surface area contributed by atoms with Gasteiger partial charge >= 0.3 is 17.9 Å². The van der Waals surface area contributed by atoms with Crippen molar-refractivity contribution in [3.05, 3.63) is 113 Å². The van der Waals surface area contributed by atoms with Crippen LogP contribution in [0.1, 0.15) is 73.8 Å². The lowest BCUT2D eigenvalue weighted by atomic mass is 9.78. The molecule has 0 spiro atoms. The summed E-state index contributed by atoms with van der Waals surface area (Å²) < 4.78 is 29.1. The first-order valence-corrected chi connectivity index (χ1v) is 16.3. The highest BCUT2D eigenvalue weighted by Crippen LogP contribution is 2.46. The Morgan fingerprint density at radius 3 is 2.08 bits per heavy atom. The van der Waals surface area contributed by atoms with Crippen LogP contribution in [0.3, 0.4) is 0 Å². The summed E-state index contributed by atoms with van der Waals surface area (Å²) >= 11 is 0. The average molecular weight is 707 g/mol. The summed E-state index contributed by atoms with van der Waals surface area (Å²) in [4.78, 5) is 54.2. The predicted octanol–water partition coefficient (Wildman–Crippen LogP) is 4.34. The number of nitrogens with zero attached hydrogens (tertiary/aromatic N) is 3. The van der Waals surface area contributed by atoms with Crippen LogP contribution in [0.15, 0.2) is 79.1 Å². The molecule has 5 rings (SSSR count). The first kappa shape index (κ1) is 37.0. The number of H-pyrrole nitrogens is 1. The monoisotopic (exact) mass is 706 g/mol. The Bertz CT molecular complexity index is 2010. The summed E-state index contributed by atoms with van der Waals surface area (Å²) in [5.74, 6) is 9.00. The highest BCUT2D eigenvalue weighted by molar-refractivity contribution is 6.03. The molecule has 266 valence electrons. The second-order valence-electron chi connectivity index (χ2n) is 12.1. The lowest BCUT2D eigenvalue weighted by Gasteiger charge is -2.48. The van der Waals surface area contributed by atoms with Crippen LogP contribution >= 0.6 is 0 Å². The predicted molar refractivity (Wildman–Crippen MR) is 184 cm³/mol. The number of esters is 3. The molecule has 4 aromatic rings. The van der Waals surface area contributed by atoms with E-state index >= 15 is 0 Å². The second kappa shape index (κ2) is 16.6. The SMILES string of the molecule is CC(=O)OCC(O)(C#Cc1ccc([C@@H]2[C@@H](CCC(OC(C)=O)c3ccc(F)cc3)C(=O)N2c2ccc(C#Cc3ncn[nH]3)cc2)cc1)COC(C)=O. The van der Waals surface area contributed by atoms with E-state index in [0.717, 1.165) is 5.56 Å². The number of aromatic nitrogens is 3. The van der Waals surface area contributed by atoms with E-state index in [0.29, 0.717) is 41.0 Å². The first-order chi connectivity index (χ1) is 24.9. The van der Waals surface area contributed by atoms with Crippen LogP contribution in [-0.2, 0) is 33.4 Å². The number of aromatic amines is 1. The minimum atomic E-state index is -1.94. The summed E-state index contributed by atoms with van der Waals surface area (Å²) in [6, 6.07) is 19.6. The summed E-state index contributed by atoms with van der Waals surface area (Å²) in [6.07, 6.45) is 1.36. The zero-order valence-electron chi connectivity index (χ0n) is 28.6. The number of ether oxygens (including phenoxy) is 3. The standard InChI is InChI=1S/C39H35FN4O8/c1-25(45)50-22-39(49,23-51-26(2)46)21-20-29-4-9-31(10-5-29)37-34(17-18-35(52-27(3)47)30-11-13-32(40)14-12-30)38(48)44(37)33-15-6-28(7-16-33)8-19-36-41-24-42-43-36/h4-7,9-16,24,34-35,37,49H,17-18,22-23H2,1-3H3,(H,41,42,43)/t34-,35?,37-/m1/s1. The number of carbonyl (C=O) groups is 4. The smallest absolute Gasteiger partial charge is 0.303 e. The van der Waals surface area contributed by atoms with E-state index in [1.807, 2.05) is 12.1 Å². The van der Waals surface area contributed by atoms with Gasteiger partial charge in [-0.2, -0.15) is 5.10 Å². The van der Waals surface area contributed by atoms with Crippen molar-refractivity contribution in [3.63, 3.8) is 0 Å². The molecule has 0 radical (unpaired) electrons. The van der Waals surface area contributed by atoms with Crippen molar-refractivity contribution in [2.75, 3.05) is 18.1 Å². The molecule has 3 atom stereocenters. The fourth-order valence-electron chi connectivity index (χ4n) is 5.61. The van der Waals surface area contributed by atoms with Crippen LogP contribution in [0.25, 0.3) is 0 Å². The number of anilines is 1. The molecule has 0 saturated carbocycles. The number of benzene rings is 3. The first-order valence-electron chi connectivity index (χ1n) is 16.3. The van der Waals surface area contributed by atoms with Gasteiger partial charge in [-0.1, -0.05) is 42.0 Å². The molecule has 0 aliphatic carbocycles. The molecule has 2 heterocycles. The number of nitrogens with one attached hydrogen (secondary N) is 1. The molecule has 1 unspecified atom stereocenters. The van der Waals surface area contributed by atoms with E-state index < -0.39 is 60.6 Å². The fourth-order valence-corrected chi connectivity index (χ4v) is 5.61. The molecule has 3 aromatic carbocycles. The molecule has 1 fully saturated rings. The number of hydrogen-bond donors (Lipinski definition) is 2. The largest absolute Gasteiger partial charge is 0.462 e. The van der Waals surface area contributed by atoms with E-state index in [2.05, 4.69) is 38.9 Å². The normalized spacial score (nSPS) is 15.6. The number of rotatable bonds is 11. The third-order valence-corrected chi connectivity index (χ3v) is 8.11. The van der Waals surface area contributed by atoms with Gasteiger partial charge in [-0.05, 0) is 78.4 Å². The third kappa shape index (κ3) is 9.68. The van der Waals surface area contributed by atoms with Crippen LogP contribution in [-0.4, -0.2) is 62.9 Å². The van der Waals surface area contributed by atoms with Crippen molar-refractivity contribution >= 4 is 29.5 Å². The Labute approximate surface area is 299 Å². The van der Waals surface area contributed by atoms with Crippen LogP contribution in [0, 0.1) is 35.4 Å². The lowest BCUT2D eigenvalue weighted by molar-refractivity contribution is -0.154. The molecule has 1 aromatic heterocycles. The quantitative estimate of drug-likeness (QED) is 0.0994. The molecule has 1 aliphatic rings. The Hall–Kier alpha value is -6.31. The van der Waals surface area contributed by atoms with E-state index in [4.69, 9.17) is 14.2 Å². The summed E-state index contributed by atoms with van der Waals surface area (Å²) in [5.41, 5.74) is 1.33. The second-order valence-corrected chi connectivity index (χ2v) is 12.1.